The second kappa shape index (κ2) is 7.69. The average Bonchev–Trinajstić information content (AvgIpc) is 3.34. The maximum Gasteiger partial charge on any atom is 0.343 e. The first-order chi connectivity index (χ1) is 14.8. The third-order valence-electron chi connectivity index (χ3n) is 4.95. The Kier molecular flexibility index (Phi) is 5.04. The zero-order valence-corrected chi connectivity index (χ0v) is 16.9. The number of ether oxygens (including phenoxy) is 1. The van der Waals surface area contributed by atoms with Crippen LogP contribution < -0.4 is 11.5 Å². The predicted octanol–water partition coefficient (Wildman–Crippen LogP) is 1.71. The molecule has 0 saturated carbocycles. The number of carbonyl (C=O) groups excluding carboxylic acids is 3. The Hall–Kier alpha value is -3.98. The third-order valence-corrected chi connectivity index (χ3v) is 4.95. The number of hydrogen-bond donors (Lipinski definition) is 2. The van der Waals surface area contributed by atoms with Crippen molar-refractivity contribution in [3.63, 3.8) is 0 Å². The monoisotopic (exact) mass is 420 g/mol. The molecule has 0 radical (unpaired) electrons. The number of nitrogens with two attached hydrogens (primary N) is 2. The molecule has 2 heterocycles. The number of nitrogen functional groups attached to an aromatic ring is 1. The second-order valence-corrected chi connectivity index (χ2v) is 7.38. The highest BCUT2D eigenvalue weighted by atomic mass is 16.5. The molecule has 3 aromatic rings. The van der Waals surface area contributed by atoms with Gasteiger partial charge in [0.15, 0.2) is 17.6 Å². The van der Waals surface area contributed by atoms with Gasteiger partial charge in [-0.25, -0.2) is 9.78 Å². The van der Waals surface area contributed by atoms with E-state index in [-0.39, 0.29) is 35.0 Å². The van der Waals surface area contributed by atoms with E-state index in [1.54, 1.807) is 55.4 Å². The number of anilines is 1. The molecule has 4 N–H and O–H groups in total. The number of fused-ring (bicyclic) bond motifs is 3. The number of carbonyl (C=O) groups is 3. The molecular formula is C22H20N4O5. The fourth-order valence-corrected chi connectivity index (χ4v) is 3.63. The van der Waals surface area contributed by atoms with Crippen molar-refractivity contribution in [1.82, 2.24) is 9.88 Å². The van der Waals surface area contributed by atoms with Crippen LogP contribution >= 0.6 is 0 Å². The first-order valence-electron chi connectivity index (χ1n) is 9.46. The highest BCUT2D eigenvalue weighted by Crippen LogP contribution is 2.44. The number of ketones is 1. The molecule has 0 bridgehead atoms. The van der Waals surface area contributed by atoms with E-state index in [1.165, 1.54) is 6.26 Å². The molecule has 4 rings (SSSR count). The highest BCUT2D eigenvalue weighted by molar-refractivity contribution is 6.27. The lowest BCUT2D eigenvalue weighted by molar-refractivity contribution is -0.127. The second-order valence-electron chi connectivity index (χ2n) is 7.38. The van der Waals surface area contributed by atoms with Crippen molar-refractivity contribution in [3.8, 4) is 22.6 Å². The van der Waals surface area contributed by atoms with Crippen LogP contribution in [-0.4, -0.2) is 54.3 Å². The quantitative estimate of drug-likeness (QED) is 0.449. The van der Waals surface area contributed by atoms with Gasteiger partial charge in [-0.1, -0.05) is 24.3 Å². The molecule has 0 spiro atoms. The summed E-state index contributed by atoms with van der Waals surface area (Å²) in [5.74, 6) is -1.80. The van der Waals surface area contributed by atoms with E-state index in [9.17, 15) is 14.4 Å². The summed E-state index contributed by atoms with van der Waals surface area (Å²) in [6, 6.07) is 10.2. The van der Waals surface area contributed by atoms with Crippen molar-refractivity contribution < 1.29 is 23.5 Å². The number of esters is 1. The van der Waals surface area contributed by atoms with Crippen LogP contribution in [0.25, 0.3) is 22.6 Å². The summed E-state index contributed by atoms with van der Waals surface area (Å²) < 4.78 is 10.8. The maximum absolute atomic E-state index is 13.2. The lowest BCUT2D eigenvalue weighted by Gasteiger charge is -2.20. The number of nitrogens with zero attached hydrogens (tertiary/aromatic N) is 2. The lowest BCUT2D eigenvalue weighted by atomic mass is 9.98. The molecule has 31 heavy (non-hydrogen) atoms. The van der Waals surface area contributed by atoms with Gasteiger partial charge in [0.1, 0.15) is 17.1 Å². The number of furan rings is 1. The molecule has 9 heteroatoms. The molecule has 0 aliphatic heterocycles. The van der Waals surface area contributed by atoms with Gasteiger partial charge in [-0.05, 0) is 31.8 Å². The van der Waals surface area contributed by atoms with E-state index < -0.39 is 18.0 Å². The van der Waals surface area contributed by atoms with Crippen molar-refractivity contribution in [2.45, 2.75) is 6.10 Å². The zero-order chi connectivity index (χ0) is 22.3. The van der Waals surface area contributed by atoms with Crippen LogP contribution in [0.15, 0.2) is 47.1 Å². The number of aromatic nitrogens is 1. The molecule has 1 aliphatic carbocycles. The maximum atomic E-state index is 13.2. The molecule has 0 saturated heterocycles. The summed E-state index contributed by atoms with van der Waals surface area (Å²) in [7, 11) is 3.43. The van der Waals surface area contributed by atoms with Gasteiger partial charge in [-0.3, -0.25) is 9.59 Å². The van der Waals surface area contributed by atoms with Gasteiger partial charge in [0, 0.05) is 17.7 Å². The number of primary amides is 1. The molecular weight excluding hydrogens is 400 g/mol. The molecule has 1 aromatic carbocycles. The summed E-state index contributed by atoms with van der Waals surface area (Å²) in [5, 5.41) is 0. The standard InChI is InChI=1S/C22H20N4O5/c1-26(2)10-14(21(24)28)31-22(29)17-15-11-6-3-4-7-12(11)19(27)16(15)18(25-20(17)23)13-8-5-9-30-13/h3-9,14H,10H2,1-2H3,(H2,23,25)(H2,24,28). The highest BCUT2D eigenvalue weighted by Gasteiger charge is 2.38. The van der Waals surface area contributed by atoms with Crippen LogP contribution in [-0.2, 0) is 9.53 Å². The number of amides is 1. The van der Waals surface area contributed by atoms with E-state index in [2.05, 4.69) is 4.98 Å². The molecule has 158 valence electrons. The van der Waals surface area contributed by atoms with Gasteiger partial charge in [0.25, 0.3) is 5.91 Å². The molecule has 1 amide bonds. The topological polar surface area (TPSA) is 142 Å². The van der Waals surface area contributed by atoms with Crippen LogP contribution in [0.2, 0.25) is 0 Å². The van der Waals surface area contributed by atoms with Gasteiger partial charge in [-0.2, -0.15) is 0 Å². The minimum absolute atomic E-state index is 0.0892. The van der Waals surface area contributed by atoms with E-state index in [0.717, 1.165) is 0 Å². The minimum atomic E-state index is -1.20. The van der Waals surface area contributed by atoms with Crippen molar-refractivity contribution in [3.05, 3.63) is 59.4 Å². The molecule has 1 atom stereocenters. The molecule has 1 unspecified atom stereocenters. The Morgan fingerprint density at radius 3 is 2.45 bits per heavy atom. The fourth-order valence-electron chi connectivity index (χ4n) is 3.63. The summed E-state index contributed by atoms with van der Waals surface area (Å²) in [6.07, 6.45) is 0.252. The van der Waals surface area contributed by atoms with E-state index in [0.29, 0.717) is 22.5 Å². The molecule has 9 nitrogen and oxygen atoms in total. The van der Waals surface area contributed by atoms with Crippen LogP contribution in [0.4, 0.5) is 5.82 Å². The van der Waals surface area contributed by atoms with Crippen LogP contribution in [0.5, 0.6) is 0 Å². The van der Waals surface area contributed by atoms with E-state index >= 15 is 0 Å². The largest absolute Gasteiger partial charge is 0.463 e. The van der Waals surface area contributed by atoms with Crippen molar-refractivity contribution in [1.29, 1.82) is 0 Å². The third kappa shape index (κ3) is 3.44. The van der Waals surface area contributed by atoms with Crippen molar-refractivity contribution in [2.75, 3.05) is 26.4 Å². The Bertz CT molecular complexity index is 1200. The first kappa shape index (κ1) is 20.3. The zero-order valence-electron chi connectivity index (χ0n) is 16.9. The van der Waals surface area contributed by atoms with Crippen LogP contribution in [0.3, 0.4) is 0 Å². The number of likely N-dealkylation sites (N-methyl/N-ethyl adjacent to an activating group) is 1. The van der Waals surface area contributed by atoms with Crippen LogP contribution in [0.1, 0.15) is 26.3 Å². The fraction of sp³-hybridized carbons (Fsp3) is 0.182. The average molecular weight is 420 g/mol. The van der Waals surface area contributed by atoms with Gasteiger partial charge < -0.3 is 25.5 Å². The minimum Gasteiger partial charge on any atom is -0.463 e. The molecule has 2 aromatic heterocycles. The normalized spacial score (nSPS) is 13.1. The van der Waals surface area contributed by atoms with Crippen molar-refractivity contribution >= 4 is 23.5 Å². The summed E-state index contributed by atoms with van der Waals surface area (Å²) in [5.41, 5.74) is 13.1. The Morgan fingerprint density at radius 1 is 1.13 bits per heavy atom. The van der Waals surface area contributed by atoms with Gasteiger partial charge in [0.05, 0.1) is 11.8 Å². The number of pyridine rings is 1. The Morgan fingerprint density at radius 2 is 1.84 bits per heavy atom. The lowest BCUT2D eigenvalue weighted by Crippen LogP contribution is -2.41. The molecule has 0 fully saturated rings. The van der Waals surface area contributed by atoms with Gasteiger partial charge in [-0.15, -0.1) is 0 Å². The Balaban J connectivity index is 1.90. The summed E-state index contributed by atoms with van der Waals surface area (Å²) in [4.78, 5) is 44.1. The first-order valence-corrected chi connectivity index (χ1v) is 9.46. The van der Waals surface area contributed by atoms with Gasteiger partial charge >= 0.3 is 5.97 Å². The summed E-state index contributed by atoms with van der Waals surface area (Å²) in [6.45, 7) is 0.0938. The SMILES string of the molecule is CN(C)CC(OC(=O)c1c(N)nc(-c2ccco2)c2c1-c1ccccc1C2=O)C(N)=O. The van der Waals surface area contributed by atoms with E-state index in [4.69, 9.17) is 20.6 Å². The number of hydrogen-bond acceptors (Lipinski definition) is 8. The van der Waals surface area contributed by atoms with E-state index in [1.807, 2.05) is 0 Å². The van der Waals surface area contributed by atoms with Gasteiger partial charge in [0.2, 0.25) is 0 Å². The molecule has 1 aliphatic rings. The van der Waals surface area contributed by atoms with Crippen molar-refractivity contribution in [2.24, 2.45) is 5.73 Å². The number of rotatable bonds is 6. The van der Waals surface area contributed by atoms with Crippen LogP contribution in [0, 0.1) is 0 Å². The summed E-state index contributed by atoms with van der Waals surface area (Å²) >= 11 is 0. The Labute approximate surface area is 177 Å². The number of benzene rings is 1. The smallest absolute Gasteiger partial charge is 0.343 e. The predicted molar refractivity (Wildman–Crippen MR) is 112 cm³/mol.